The van der Waals surface area contributed by atoms with E-state index in [9.17, 15) is 12.8 Å². The van der Waals surface area contributed by atoms with E-state index in [1.165, 1.54) is 18.2 Å². The van der Waals surface area contributed by atoms with Crippen LogP contribution < -0.4 is 5.73 Å². The van der Waals surface area contributed by atoms with Gasteiger partial charge in [0.2, 0.25) is 0 Å². The van der Waals surface area contributed by atoms with Crippen molar-refractivity contribution in [2.24, 2.45) is 5.73 Å². The summed E-state index contributed by atoms with van der Waals surface area (Å²) in [6.07, 6.45) is 0.374. The predicted octanol–water partition coefficient (Wildman–Crippen LogP) is 1.34. The second-order valence-electron chi connectivity index (χ2n) is 3.54. The fourth-order valence-electron chi connectivity index (χ4n) is 1.12. The molecule has 0 radical (unpaired) electrons. The minimum absolute atomic E-state index is 0.0168. The summed E-state index contributed by atoms with van der Waals surface area (Å²) in [6, 6.07) is 4.84. The molecular weight excluding hydrogens is 217 g/mol. The number of rotatable bonds is 4. The van der Waals surface area contributed by atoms with Gasteiger partial charge in [0, 0.05) is 6.04 Å². The highest BCUT2D eigenvalue weighted by molar-refractivity contribution is 7.91. The van der Waals surface area contributed by atoms with Gasteiger partial charge in [0.1, 0.15) is 5.82 Å². The molecule has 0 heterocycles. The summed E-state index contributed by atoms with van der Waals surface area (Å²) >= 11 is 0. The molecule has 0 amide bonds. The maximum absolute atomic E-state index is 12.8. The van der Waals surface area contributed by atoms with Crippen molar-refractivity contribution in [1.29, 1.82) is 0 Å². The van der Waals surface area contributed by atoms with Crippen LogP contribution in [0.3, 0.4) is 0 Å². The molecule has 0 aliphatic rings. The van der Waals surface area contributed by atoms with E-state index in [4.69, 9.17) is 5.73 Å². The van der Waals surface area contributed by atoms with Gasteiger partial charge < -0.3 is 5.73 Å². The first kappa shape index (κ1) is 12.1. The van der Waals surface area contributed by atoms with E-state index in [-0.39, 0.29) is 16.7 Å². The third kappa shape index (κ3) is 3.60. The number of benzene rings is 1. The Morgan fingerprint density at radius 3 is 2.67 bits per heavy atom. The molecule has 1 rings (SSSR count). The van der Waals surface area contributed by atoms with E-state index in [0.29, 0.717) is 6.42 Å². The van der Waals surface area contributed by atoms with Crippen LogP contribution >= 0.6 is 0 Å². The maximum atomic E-state index is 12.8. The molecule has 0 saturated heterocycles. The molecule has 84 valence electrons. The Labute approximate surface area is 89.0 Å². The summed E-state index contributed by atoms with van der Waals surface area (Å²) in [5, 5.41) is 0. The molecule has 0 aliphatic heterocycles. The predicted molar refractivity (Wildman–Crippen MR) is 56.7 cm³/mol. The third-order valence-corrected chi connectivity index (χ3v) is 3.74. The molecule has 1 unspecified atom stereocenters. The number of hydrogen-bond donors (Lipinski definition) is 1. The van der Waals surface area contributed by atoms with E-state index in [1.54, 1.807) is 6.92 Å². The molecule has 1 atom stereocenters. The largest absolute Gasteiger partial charge is 0.328 e. The van der Waals surface area contributed by atoms with Gasteiger partial charge in [0.25, 0.3) is 0 Å². The Balaban J connectivity index is 2.87. The number of nitrogens with two attached hydrogens (primary N) is 1. The summed E-state index contributed by atoms with van der Waals surface area (Å²) in [5.41, 5.74) is 5.47. The first-order valence-corrected chi connectivity index (χ1v) is 6.31. The average molecular weight is 231 g/mol. The number of sulfone groups is 1. The Hall–Kier alpha value is -0.940. The Bertz CT molecular complexity index is 429. The van der Waals surface area contributed by atoms with E-state index in [0.717, 1.165) is 6.07 Å². The smallest absolute Gasteiger partial charge is 0.178 e. The molecular formula is C10H14FNO2S. The SMILES string of the molecule is CC(N)CCS(=O)(=O)c1cccc(F)c1. The van der Waals surface area contributed by atoms with Crippen molar-refractivity contribution >= 4 is 9.84 Å². The fraction of sp³-hybridized carbons (Fsp3) is 0.400. The summed E-state index contributed by atoms with van der Waals surface area (Å²) in [7, 11) is -3.40. The van der Waals surface area contributed by atoms with Gasteiger partial charge in [-0.1, -0.05) is 6.07 Å². The molecule has 0 bridgehead atoms. The zero-order valence-corrected chi connectivity index (χ0v) is 9.30. The van der Waals surface area contributed by atoms with Crippen LogP contribution in [-0.4, -0.2) is 20.2 Å². The first-order valence-electron chi connectivity index (χ1n) is 4.66. The average Bonchev–Trinajstić information content (AvgIpc) is 2.15. The number of hydrogen-bond acceptors (Lipinski definition) is 3. The zero-order chi connectivity index (χ0) is 11.5. The third-order valence-electron chi connectivity index (χ3n) is 2.00. The van der Waals surface area contributed by atoms with E-state index in [1.807, 2.05) is 0 Å². The molecule has 5 heteroatoms. The van der Waals surface area contributed by atoms with E-state index >= 15 is 0 Å². The molecule has 0 aromatic heterocycles. The van der Waals surface area contributed by atoms with Crippen LogP contribution in [0.4, 0.5) is 4.39 Å². The van der Waals surface area contributed by atoms with Crippen molar-refractivity contribution in [3.05, 3.63) is 30.1 Å². The normalized spacial score (nSPS) is 13.8. The highest BCUT2D eigenvalue weighted by Gasteiger charge is 2.15. The zero-order valence-electron chi connectivity index (χ0n) is 8.48. The topological polar surface area (TPSA) is 60.2 Å². The second kappa shape index (κ2) is 4.72. The van der Waals surface area contributed by atoms with Crippen LogP contribution in [0.15, 0.2) is 29.2 Å². The molecule has 1 aromatic carbocycles. The van der Waals surface area contributed by atoms with Gasteiger partial charge in [0.15, 0.2) is 9.84 Å². The van der Waals surface area contributed by atoms with Crippen LogP contribution in [-0.2, 0) is 9.84 Å². The van der Waals surface area contributed by atoms with Crippen molar-refractivity contribution in [3.8, 4) is 0 Å². The molecule has 3 nitrogen and oxygen atoms in total. The van der Waals surface area contributed by atoms with E-state index < -0.39 is 15.7 Å². The maximum Gasteiger partial charge on any atom is 0.178 e. The summed E-state index contributed by atoms with van der Waals surface area (Å²) in [5.74, 6) is -0.592. The fourth-order valence-corrected chi connectivity index (χ4v) is 2.62. The van der Waals surface area contributed by atoms with Crippen LogP contribution in [0.2, 0.25) is 0 Å². The Kier molecular flexibility index (Phi) is 3.82. The van der Waals surface area contributed by atoms with E-state index in [2.05, 4.69) is 0 Å². The van der Waals surface area contributed by atoms with Gasteiger partial charge in [-0.2, -0.15) is 0 Å². The highest BCUT2D eigenvalue weighted by Crippen LogP contribution is 2.13. The van der Waals surface area contributed by atoms with Crippen LogP contribution in [0.1, 0.15) is 13.3 Å². The van der Waals surface area contributed by atoms with Gasteiger partial charge in [0.05, 0.1) is 10.6 Å². The molecule has 2 N–H and O–H groups in total. The molecule has 0 spiro atoms. The minimum Gasteiger partial charge on any atom is -0.328 e. The lowest BCUT2D eigenvalue weighted by Crippen LogP contribution is -2.20. The lowest BCUT2D eigenvalue weighted by Gasteiger charge is -2.06. The minimum atomic E-state index is -3.40. The molecule has 0 saturated carbocycles. The summed E-state index contributed by atoms with van der Waals surface area (Å²) in [4.78, 5) is 0.0168. The molecule has 1 aromatic rings. The first-order chi connectivity index (χ1) is 6.92. The van der Waals surface area contributed by atoms with Crippen molar-refractivity contribution in [2.75, 3.05) is 5.75 Å². The van der Waals surface area contributed by atoms with Crippen molar-refractivity contribution in [3.63, 3.8) is 0 Å². The monoisotopic (exact) mass is 231 g/mol. The molecule has 15 heavy (non-hydrogen) atoms. The van der Waals surface area contributed by atoms with Gasteiger partial charge in [-0.05, 0) is 31.5 Å². The van der Waals surface area contributed by atoms with Crippen molar-refractivity contribution < 1.29 is 12.8 Å². The van der Waals surface area contributed by atoms with Crippen LogP contribution in [0, 0.1) is 5.82 Å². The lowest BCUT2D eigenvalue weighted by atomic mass is 10.3. The molecule has 0 aliphatic carbocycles. The Morgan fingerprint density at radius 1 is 1.47 bits per heavy atom. The quantitative estimate of drug-likeness (QED) is 0.850. The van der Waals surface area contributed by atoms with Gasteiger partial charge in [-0.25, -0.2) is 12.8 Å². The van der Waals surface area contributed by atoms with Crippen molar-refractivity contribution in [1.82, 2.24) is 0 Å². The number of halogens is 1. The summed E-state index contributed by atoms with van der Waals surface area (Å²) in [6.45, 7) is 1.74. The van der Waals surface area contributed by atoms with Crippen molar-refractivity contribution in [2.45, 2.75) is 24.3 Å². The van der Waals surface area contributed by atoms with Gasteiger partial charge >= 0.3 is 0 Å². The van der Waals surface area contributed by atoms with Gasteiger partial charge in [-0.15, -0.1) is 0 Å². The van der Waals surface area contributed by atoms with Crippen LogP contribution in [0.25, 0.3) is 0 Å². The van der Waals surface area contributed by atoms with Crippen LogP contribution in [0.5, 0.6) is 0 Å². The standard InChI is InChI=1S/C10H14FNO2S/c1-8(12)5-6-15(13,14)10-4-2-3-9(11)7-10/h2-4,7-8H,5-6,12H2,1H3. The molecule has 0 fully saturated rings. The Morgan fingerprint density at radius 2 is 2.13 bits per heavy atom. The highest BCUT2D eigenvalue weighted by atomic mass is 32.2. The van der Waals surface area contributed by atoms with Gasteiger partial charge in [-0.3, -0.25) is 0 Å². The lowest BCUT2D eigenvalue weighted by molar-refractivity contribution is 0.583. The summed E-state index contributed by atoms with van der Waals surface area (Å²) < 4.78 is 36.1. The second-order valence-corrected chi connectivity index (χ2v) is 5.65.